The summed E-state index contributed by atoms with van der Waals surface area (Å²) in [5, 5.41) is 8.44. The molecule has 0 saturated heterocycles. The molecule has 0 aliphatic heterocycles. The lowest BCUT2D eigenvalue weighted by molar-refractivity contribution is 0.415. The Labute approximate surface area is 113 Å². The normalized spacial score (nSPS) is 10.3. The number of likely N-dealkylation sites (N-methyl/N-ethyl adjacent to an activating group) is 1. The van der Waals surface area contributed by atoms with Gasteiger partial charge < -0.3 is 15.4 Å². The maximum atomic E-state index is 5.51. The lowest BCUT2D eigenvalue weighted by Crippen LogP contribution is -2.25. The molecule has 0 bridgehead atoms. The van der Waals surface area contributed by atoms with Gasteiger partial charge in [-0.25, -0.2) is 0 Å². The summed E-state index contributed by atoms with van der Waals surface area (Å²) in [7, 11) is 3.60. The van der Waals surface area contributed by atoms with Crippen LogP contribution < -0.4 is 15.4 Å². The molecule has 0 fully saturated rings. The zero-order valence-electron chi connectivity index (χ0n) is 11.2. The van der Waals surface area contributed by atoms with Gasteiger partial charge in [0.2, 0.25) is 0 Å². The summed E-state index contributed by atoms with van der Waals surface area (Å²) < 4.78 is 5.13. The molecule has 100 valence electrons. The number of ether oxygens (including phenoxy) is 1. The topological polar surface area (TPSA) is 64.3 Å². The van der Waals surface area contributed by atoms with Crippen LogP contribution in [0.25, 0.3) is 11.3 Å². The van der Waals surface area contributed by atoms with Gasteiger partial charge in [0.1, 0.15) is 5.75 Å². The van der Waals surface area contributed by atoms with Gasteiger partial charge in [0.25, 0.3) is 0 Å². The number of nitrogens with two attached hydrogens (primary N) is 1. The molecule has 0 atom stereocenters. The molecule has 1 aromatic heterocycles. The van der Waals surface area contributed by atoms with Crippen LogP contribution in [0.3, 0.4) is 0 Å². The molecule has 19 heavy (non-hydrogen) atoms. The molecule has 5 heteroatoms. The van der Waals surface area contributed by atoms with E-state index in [9.17, 15) is 0 Å². The fourth-order valence-corrected chi connectivity index (χ4v) is 1.75. The Balaban J connectivity index is 2.17. The largest absolute Gasteiger partial charge is 0.497 e. The van der Waals surface area contributed by atoms with Gasteiger partial charge in [0, 0.05) is 25.7 Å². The highest BCUT2D eigenvalue weighted by Gasteiger charge is 2.04. The molecular formula is C14H18N4O. The van der Waals surface area contributed by atoms with Crippen molar-refractivity contribution in [1.82, 2.24) is 10.2 Å². The molecule has 1 heterocycles. The van der Waals surface area contributed by atoms with Crippen molar-refractivity contribution in [1.29, 1.82) is 0 Å². The number of methoxy groups -OCH3 is 1. The SMILES string of the molecule is COc1ccc(-c2ccc(N(C)CCN)nn2)cc1. The van der Waals surface area contributed by atoms with E-state index in [0.717, 1.165) is 29.4 Å². The van der Waals surface area contributed by atoms with Crippen molar-refractivity contribution in [2.45, 2.75) is 0 Å². The number of benzene rings is 1. The van der Waals surface area contributed by atoms with E-state index in [4.69, 9.17) is 10.5 Å². The number of anilines is 1. The molecule has 2 rings (SSSR count). The number of rotatable bonds is 5. The van der Waals surface area contributed by atoms with E-state index in [0.29, 0.717) is 6.54 Å². The summed E-state index contributed by atoms with van der Waals surface area (Å²) in [5.74, 6) is 1.65. The van der Waals surface area contributed by atoms with Crippen LogP contribution in [0, 0.1) is 0 Å². The van der Waals surface area contributed by atoms with Gasteiger partial charge in [-0.15, -0.1) is 10.2 Å². The van der Waals surface area contributed by atoms with Crippen LogP contribution in [0.1, 0.15) is 0 Å². The van der Waals surface area contributed by atoms with Crippen molar-refractivity contribution in [3.05, 3.63) is 36.4 Å². The molecular weight excluding hydrogens is 240 g/mol. The molecule has 0 spiro atoms. The molecule has 0 saturated carbocycles. The fourth-order valence-electron chi connectivity index (χ4n) is 1.75. The maximum Gasteiger partial charge on any atom is 0.151 e. The minimum Gasteiger partial charge on any atom is -0.497 e. The second-order valence-electron chi connectivity index (χ2n) is 4.22. The van der Waals surface area contributed by atoms with Crippen molar-refractivity contribution in [2.24, 2.45) is 5.73 Å². The van der Waals surface area contributed by atoms with E-state index < -0.39 is 0 Å². The summed E-state index contributed by atoms with van der Waals surface area (Å²) in [6.07, 6.45) is 0. The van der Waals surface area contributed by atoms with Crippen LogP contribution in [0.2, 0.25) is 0 Å². The molecule has 0 radical (unpaired) electrons. The van der Waals surface area contributed by atoms with Gasteiger partial charge in [0.15, 0.2) is 5.82 Å². The van der Waals surface area contributed by atoms with Crippen LogP contribution in [0.4, 0.5) is 5.82 Å². The highest BCUT2D eigenvalue weighted by Crippen LogP contribution is 2.21. The Morgan fingerprint density at radius 2 is 1.84 bits per heavy atom. The van der Waals surface area contributed by atoms with Crippen LogP contribution >= 0.6 is 0 Å². The van der Waals surface area contributed by atoms with Crippen molar-refractivity contribution in [3.8, 4) is 17.0 Å². The number of aromatic nitrogens is 2. The van der Waals surface area contributed by atoms with Gasteiger partial charge in [0.05, 0.1) is 12.8 Å². The first-order chi connectivity index (χ1) is 9.24. The minimum atomic E-state index is 0.596. The standard InChI is InChI=1S/C14H18N4O/c1-18(10-9-15)14-8-7-13(16-17-14)11-3-5-12(19-2)6-4-11/h3-8H,9-10,15H2,1-2H3. The van der Waals surface area contributed by atoms with E-state index in [-0.39, 0.29) is 0 Å². The van der Waals surface area contributed by atoms with E-state index in [1.165, 1.54) is 0 Å². The van der Waals surface area contributed by atoms with Gasteiger partial charge in [-0.05, 0) is 36.4 Å². The number of hydrogen-bond acceptors (Lipinski definition) is 5. The van der Waals surface area contributed by atoms with E-state index in [1.807, 2.05) is 48.3 Å². The Hall–Kier alpha value is -2.14. The van der Waals surface area contributed by atoms with Gasteiger partial charge >= 0.3 is 0 Å². The van der Waals surface area contributed by atoms with Gasteiger partial charge in [-0.2, -0.15) is 0 Å². The zero-order chi connectivity index (χ0) is 13.7. The van der Waals surface area contributed by atoms with Gasteiger partial charge in [-0.1, -0.05) is 0 Å². The van der Waals surface area contributed by atoms with E-state index >= 15 is 0 Å². The highest BCUT2D eigenvalue weighted by atomic mass is 16.5. The molecule has 5 nitrogen and oxygen atoms in total. The Kier molecular flexibility index (Phi) is 4.30. The van der Waals surface area contributed by atoms with E-state index in [1.54, 1.807) is 7.11 Å². The molecule has 2 aromatic rings. The van der Waals surface area contributed by atoms with Crippen molar-refractivity contribution < 1.29 is 4.74 Å². The second kappa shape index (κ2) is 6.15. The first-order valence-electron chi connectivity index (χ1n) is 6.14. The van der Waals surface area contributed by atoms with Crippen LogP contribution in [-0.4, -0.2) is 37.4 Å². The third-order valence-electron chi connectivity index (χ3n) is 2.89. The smallest absolute Gasteiger partial charge is 0.151 e. The first-order valence-corrected chi connectivity index (χ1v) is 6.14. The van der Waals surface area contributed by atoms with Crippen LogP contribution in [-0.2, 0) is 0 Å². The van der Waals surface area contributed by atoms with Crippen molar-refractivity contribution >= 4 is 5.82 Å². The predicted molar refractivity (Wildman–Crippen MR) is 76.3 cm³/mol. The third kappa shape index (κ3) is 3.20. The predicted octanol–water partition coefficient (Wildman–Crippen LogP) is 1.55. The van der Waals surface area contributed by atoms with Crippen molar-refractivity contribution in [2.75, 3.05) is 32.1 Å². The summed E-state index contributed by atoms with van der Waals surface area (Å²) in [5.41, 5.74) is 7.37. The lowest BCUT2D eigenvalue weighted by Gasteiger charge is -2.16. The molecule has 1 aromatic carbocycles. The maximum absolute atomic E-state index is 5.51. The summed E-state index contributed by atoms with van der Waals surface area (Å²) in [6.45, 7) is 1.36. The fraction of sp³-hybridized carbons (Fsp3) is 0.286. The Morgan fingerprint density at radius 3 is 2.37 bits per heavy atom. The molecule has 0 aliphatic rings. The number of hydrogen-bond donors (Lipinski definition) is 1. The molecule has 0 amide bonds. The molecule has 0 aliphatic carbocycles. The summed E-state index contributed by atoms with van der Waals surface area (Å²) >= 11 is 0. The average Bonchev–Trinajstić information content (AvgIpc) is 2.48. The zero-order valence-corrected chi connectivity index (χ0v) is 11.2. The monoisotopic (exact) mass is 258 g/mol. The minimum absolute atomic E-state index is 0.596. The van der Waals surface area contributed by atoms with Crippen LogP contribution in [0.15, 0.2) is 36.4 Å². The van der Waals surface area contributed by atoms with Gasteiger partial charge in [-0.3, -0.25) is 0 Å². The summed E-state index contributed by atoms with van der Waals surface area (Å²) in [4.78, 5) is 1.98. The second-order valence-corrected chi connectivity index (χ2v) is 4.22. The van der Waals surface area contributed by atoms with Crippen molar-refractivity contribution in [3.63, 3.8) is 0 Å². The average molecular weight is 258 g/mol. The number of nitrogens with zero attached hydrogens (tertiary/aromatic N) is 3. The van der Waals surface area contributed by atoms with Crippen LogP contribution in [0.5, 0.6) is 5.75 Å². The molecule has 2 N–H and O–H groups in total. The quantitative estimate of drug-likeness (QED) is 0.881. The Bertz CT molecular complexity index is 510. The highest BCUT2D eigenvalue weighted by molar-refractivity contribution is 5.60. The third-order valence-corrected chi connectivity index (χ3v) is 2.89. The Morgan fingerprint density at radius 1 is 1.11 bits per heavy atom. The molecule has 0 unspecified atom stereocenters. The lowest BCUT2D eigenvalue weighted by atomic mass is 10.1. The summed E-state index contributed by atoms with van der Waals surface area (Å²) in [6, 6.07) is 11.6. The first kappa shape index (κ1) is 13.3. The van der Waals surface area contributed by atoms with E-state index in [2.05, 4.69) is 10.2 Å².